The van der Waals surface area contributed by atoms with Crippen LogP contribution in [0.3, 0.4) is 0 Å². The molecule has 4 N–H and O–H groups in total. The van der Waals surface area contributed by atoms with Gasteiger partial charge in [-0.15, -0.1) is 0 Å². The van der Waals surface area contributed by atoms with E-state index in [-0.39, 0.29) is 35.3 Å². The number of carbonyl (C=O) groups excluding carboxylic acids is 2. The average molecular weight is 494 g/mol. The van der Waals surface area contributed by atoms with Crippen LogP contribution in [0.15, 0.2) is 33.2 Å². The Hall–Kier alpha value is -4.51. The number of aliphatic hydroxyl groups is 1. The third-order valence-corrected chi connectivity index (χ3v) is 6.78. The van der Waals surface area contributed by atoms with Gasteiger partial charge in [0.05, 0.1) is 23.8 Å². The van der Waals surface area contributed by atoms with Crippen molar-refractivity contribution in [3.05, 3.63) is 62.4 Å². The van der Waals surface area contributed by atoms with E-state index in [1.807, 2.05) is 0 Å². The summed E-state index contributed by atoms with van der Waals surface area (Å²) in [4.78, 5) is 37.8. The minimum absolute atomic E-state index is 0.00573. The molecule has 11 nitrogen and oxygen atoms in total. The van der Waals surface area contributed by atoms with Crippen molar-refractivity contribution >= 4 is 22.3 Å². The molecule has 11 heteroatoms. The Kier molecular flexibility index (Phi) is 4.28. The number of rotatable bonds is 1. The van der Waals surface area contributed by atoms with Gasteiger partial charge in [0, 0.05) is 12.5 Å². The summed E-state index contributed by atoms with van der Waals surface area (Å²) >= 11 is 0. The number of fused-ring (bicyclic) bond motifs is 4. The fraction of sp³-hybridized carbons (Fsp3) is 0.240. The second-order valence-corrected chi connectivity index (χ2v) is 8.84. The highest BCUT2D eigenvalue weighted by molar-refractivity contribution is 6.26. The topological polar surface area (TPSA) is 173 Å². The van der Waals surface area contributed by atoms with Crippen molar-refractivity contribution in [2.24, 2.45) is 0 Å². The molecule has 3 heterocycles. The second-order valence-electron chi connectivity index (χ2n) is 8.84. The van der Waals surface area contributed by atoms with Crippen molar-refractivity contribution in [2.75, 3.05) is 7.11 Å². The molecule has 3 aliphatic rings. The lowest BCUT2D eigenvalue weighted by atomic mass is 9.86. The monoisotopic (exact) mass is 494 g/mol. The zero-order chi connectivity index (χ0) is 25.7. The summed E-state index contributed by atoms with van der Waals surface area (Å²) in [7, 11) is 1.17. The third kappa shape index (κ3) is 2.63. The molecule has 6 rings (SSSR count). The SMILES string of the molecule is COC1=CC(=O)c2c(O)c3c(c(O)c2C1=O)OC1(CCc2cc4cc(C)oc(=O)c4c(O)c2O1)C3O. The predicted molar refractivity (Wildman–Crippen MR) is 120 cm³/mol. The number of allylic oxidation sites excluding steroid dienone is 2. The molecule has 1 aliphatic carbocycles. The van der Waals surface area contributed by atoms with Gasteiger partial charge in [0.15, 0.2) is 40.6 Å². The van der Waals surface area contributed by atoms with Gasteiger partial charge in [-0.25, -0.2) is 4.79 Å². The predicted octanol–water partition coefficient (Wildman–Crippen LogP) is 2.27. The van der Waals surface area contributed by atoms with Crippen molar-refractivity contribution in [1.82, 2.24) is 0 Å². The van der Waals surface area contributed by atoms with Crippen LogP contribution in [0.5, 0.6) is 28.7 Å². The number of phenolic OH excluding ortho intramolecular Hbond substituents is 3. The minimum atomic E-state index is -1.95. The van der Waals surface area contributed by atoms with Gasteiger partial charge >= 0.3 is 5.63 Å². The van der Waals surface area contributed by atoms with E-state index in [0.29, 0.717) is 16.7 Å². The summed E-state index contributed by atoms with van der Waals surface area (Å²) in [5.41, 5.74) is -1.64. The summed E-state index contributed by atoms with van der Waals surface area (Å²) in [6, 6.07) is 3.24. The summed E-state index contributed by atoms with van der Waals surface area (Å²) in [6.45, 7) is 1.60. The summed E-state index contributed by atoms with van der Waals surface area (Å²) in [5, 5.41) is 44.2. The van der Waals surface area contributed by atoms with Crippen molar-refractivity contribution in [1.29, 1.82) is 0 Å². The first-order valence-corrected chi connectivity index (χ1v) is 10.9. The number of aliphatic hydroxyl groups excluding tert-OH is 1. The molecular formula is C25H18O11. The Morgan fingerprint density at radius 3 is 2.44 bits per heavy atom. The lowest BCUT2D eigenvalue weighted by Crippen LogP contribution is -2.47. The van der Waals surface area contributed by atoms with Gasteiger partial charge in [-0.1, -0.05) is 0 Å². The highest BCUT2D eigenvalue weighted by Crippen LogP contribution is 2.59. The molecule has 0 saturated carbocycles. The van der Waals surface area contributed by atoms with Gasteiger partial charge in [-0.3, -0.25) is 9.59 Å². The Morgan fingerprint density at radius 1 is 1.00 bits per heavy atom. The van der Waals surface area contributed by atoms with Crippen molar-refractivity contribution in [3.8, 4) is 28.7 Å². The first kappa shape index (κ1) is 22.0. The maximum atomic E-state index is 12.8. The normalized spacial score (nSPS) is 22.0. The Balaban J connectivity index is 1.50. The highest BCUT2D eigenvalue weighted by atomic mass is 16.7. The quantitative estimate of drug-likeness (QED) is 0.366. The lowest BCUT2D eigenvalue weighted by molar-refractivity contribution is -0.180. The van der Waals surface area contributed by atoms with Crippen LogP contribution >= 0.6 is 0 Å². The molecule has 36 heavy (non-hydrogen) atoms. The van der Waals surface area contributed by atoms with Crippen LogP contribution in [-0.4, -0.2) is 44.9 Å². The van der Waals surface area contributed by atoms with E-state index in [2.05, 4.69) is 0 Å². The number of Topliss-reactive ketones (excluding diaryl/α,β-unsaturated/α-hetero) is 1. The number of methoxy groups -OCH3 is 1. The fourth-order valence-corrected chi connectivity index (χ4v) is 5.12. The van der Waals surface area contributed by atoms with Gasteiger partial charge in [-0.05, 0) is 36.4 Å². The first-order valence-electron chi connectivity index (χ1n) is 10.9. The Bertz CT molecular complexity index is 1640. The van der Waals surface area contributed by atoms with Gasteiger partial charge in [0.1, 0.15) is 16.9 Å². The number of benzene rings is 2. The Morgan fingerprint density at radius 2 is 1.72 bits per heavy atom. The van der Waals surface area contributed by atoms with E-state index >= 15 is 0 Å². The summed E-state index contributed by atoms with van der Waals surface area (Å²) in [6.07, 6.45) is -0.666. The molecule has 0 bridgehead atoms. The van der Waals surface area contributed by atoms with Gasteiger partial charge in [0.2, 0.25) is 5.78 Å². The number of phenols is 3. The zero-order valence-corrected chi connectivity index (χ0v) is 18.9. The zero-order valence-electron chi connectivity index (χ0n) is 18.9. The molecule has 2 unspecified atom stereocenters. The van der Waals surface area contributed by atoms with Crippen LogP contribution in [0.2, 0.25) is 0 Å². The van der Waals surface area contributed by atoms with E-state index < -0.39 is 63.2 Å². The maximum Gasteiger partial charge on any atom is 0.347 e. The molecular weight excluding hydrogens is 476 g/mol. The van der Waals surface area contributed by atoms with Crippen LogP contribution in [-0.2, 0) is 11.2 Å². The summed E-state index contributed by atoms with van der Waals surface area (Å²) in [5.74, 6) is -6.24. The van der Waals surface area contributed by atoms with Crippen molar-refractivity contribution in [2.45, 2.75) is 31.7 Å². The van der Waals surface area contributed by atoms with E-state index in [1.54, 1.807) is 19.1 Å². The maximum absolute atomic E-state index is 12.8. The number of aryl methyl sites for hydroxylation is 2. The molecule has 2 aromatic carbocycles. The van der Waals surface area contributed by atoms with E-state index in [1.165, 1.54) is 7.11 Å². The van der Waals surface area contributed by atoms with Crippen LogP contribution in [0.25, 0.3) is 10.8 Å². The molecule has 0 fully saturated rings. The van der Waals surface area contributed by atoms with Crippen molar-refractivity contribution < 1.29 is 48.6 Å². The van der Waals surface area contributed by atoms with E-state index in [0.717, 1.165) is 6.08 Å². The third-order valence-electron chi connectivity index (χ3n) is 6.78. The smallest absolute Gasteiger partial charge is 0.347 e. The Labute approximate surface area is 201 Å². The average Bonchev–Trinajstić information content (AvgIpc) is 3.11. The standard InChI is InChI=1S/C25H18O11/c1-8-5-10-6-9-3-4-25(35-21(9)19(29)13(10)24(32)34-8)23(31)16-18(28)14-11(26)7-12(33-2)17(27)15(14)20(30)22(16)36-25/h5-7,23,28-31H,3-4H2,1-2H3. The number of ether oxygens (including phenoxy) is 3. The molecule has 1 aromatic heterocycles. The number of hydrogen-bond donors (Lipinski definition) is 4. The van der Waals surface area contributed by atoms with E-state index in [9.17, 15) is 34.8 Å². The van der Waals surface area contributed by atoms with Crippen LogP contribution in [0, 0.1) is 6.92 Å². The first-order chi connectivity index (χ1) is 17.1. The molecule has 3 aromatic rings. The highest BCUT2D eigenvalue weighted by Gasteiger charge is 2.56. The molecule has 2 aliphatic heterocycles. The van der Waals surface area contributed by atoms with Gasteiger partial charge in [0.25, 0.3) is 5.79 Å². The van der Waals surface area contributed by atoms with Crippen LogP contribution < -0.4 is 15.1 Å². The number of ketones is 2. The van der Waals surface area contributed by atoms with E-state index in [4.69, 9.17) is 18.6 Å². The number of hydrogen-bond acceptors (Lipinski definition) is 11. The molecule has 2 atom stereocenters. The fourth-order valence-electron chi connectivity index (χ4n) is 5.12. The number of carbonyl (C=O) groups is 2. The summed E-state index contributed by atoms with van der Waals surface area (Å²) < 4.78 is 21.8. The van der Waals surface area contributed by atoms with Crippen LogP contribution in [0.1, 0.15) is 50.1 Å². The van der Waals surface area contributed by atoms with Crippen molar-refractivity contribution in [3.63, 3.8) is 0 Å². The molecule has 0 saturated heterocycles. The molecule has 184 valence electrons. The molecule has 1 spiro atoms. The minimum Gasteiger partial charge on any atom is -0.507 e. The van der Waals surface area contributed by atoms with Gasteiger partial charge in [-0.2, -0.15) is 0 Å². The molecule has 0 radical (unpaired) electrons. The van der Waals surface area contributed by atoms with Crippen LogP contribution in [0.4, 0.5) is 0 Å². The second kappa shape index (κ2) is 7.01. The molecule has 0 amide bonds. The number of aromatic hydroxyl groups is 3. The lowest BCUT2D eigenvalue weighted by Gasteiger charge is -2.37. The largest absolute Gasteiger partial charge is 0.507 e. The van der Waals surface area contributed by atoms with Gasteiger partial charge < -0.3 is 39.1 Å².